The monoisotopic (exact) mass is 485 g/mol. The number of aryl methyl sites for hydroxylation is 1. The van der Waals surface area contributed by atoms with E-state index in [0.717, 1.165) is 44.7 Å². The maximum absolute atomic E-state index is 13.3. The van der Waals surface area contributed by atoms with Gasteiger partial charge >= 0.3 is 0 Å². The second-order valence-corrected chi connectivity index (χ2v) is 9.17. The molecule has 180 valence electrons. The molecule has 5 rings (SSSR count). The van der Waals surface area contributed by atoms with E-state index in [1.807, 2.05) is 13.0 Å². The maximum Gasteiger partial charge on any atom is 0.265 e. The van der Waals surface area contributed by atoms with Crippen molar-refractivity contribution in [3.63, 3.8) is 0 Å². The number of rotatable bonds is 7. The molecule has 34 heavy (non-hydrogen) atoms. The van der Waals surface area contributed by atoms with Crippen LogP contribution in [0, 0.1) is 6.92 Å². The molecule has 2 aromatic heterocycles. The molecular weight excluding hydrogens is 458 g/mol. The molecule has 0 aliphatic carbocycles. The lowest BCUT2D eigenvalue weighted by Crippen LogP contribution is -2.38. The van der Waals surface area contributed by atoms with Crippen LogP contribution < -0.4 is 29.6 Å². The van der Waals surface area contributed by atoms with Crippen LogP contribution in [0.1, 0.15) is 51.6 Å². The predicted octanol–water partition coefficient (Wildman–Crippen LogP) is 4.30. The van der Waals surface area contributed by atoms with Crippen LogP contribution in [0.4, 0.5) is 5.69 Å². The normalized spacial score (nSPS) is 16.3. The number of hydrogen-bond acceptors (Lipinski definition) is 9. The van der Waals surface area contributed by atoms with Gasteiger partial charge in [-0.3, -0.25) is 4.79 Å². The van der Waals surface area contributed by atoms with Crippen LogP contribution in [0.25, 0.3) is 10.2 Å². The minimum absolute atomic E-state index is 0.0756. The number of hydrogen-bond donors (Lipinski definition) is 2. The lowest BCUT2D eigenvalue weighted by atomic mass is 9.95. The van der Waals surface area contributed by atoms with Crippen molar-refractivity contribution in [3.8, 4) is 23.0 Å². The van der Waals surface area contributed by atoms with Crippen molar-refractivity contribution >= 4 is 33.1 Å². The Balaban J connectivity index is 1.72. The maximum atomic E-state index is 13.3. The highest BCUT2D eigenvalue weighted by Crippen LogP contribution is 2.55. The second-order valence-electron chi connectivity index (χ2n) is 8.17. The molecule has 1 amide bonds. The van der Waals surface area contributed by atoms with Gasteiger partial charge in [-0.15, -0.1) is 11.3 Å². The highest BCUT2D eigenvalue weighted by Gasteiger charge is 2.38. The summed E-state index contributed by atoms with van der Waals surface area (Å²) in [5, 5.41) is 7.55. The largest absolute Gasteiger partial charge is 0.492 e. The minimum atomic E-state index is -0.575. The molecule has 1 atom stereocenters. The summed E-state index contributed by atoms with van der Waals surface area (Å²) in [5.74, 6) is 1.94. The van der Waals surface area contributed by atoms with E-state index in [2.05, 4.69) is 22.5 Å². The number of nitrogens with one attached hydrogen (secondary N) is 2. The first-order chi connectivity index (χ1) is 16.5. The summed E-state index contributed by atoms with van der Waals surface area (Å²) in [6, 6.07) is 1.99. The lowest BCUT2D eigenvalue weighted by molar-refractivity contribution is 0.0939. The Bertz CT molecular complexity index is 1290. The van der Waals surface area contributed by atoms with E-state index in [4.69, 9.17) is 23.7 Å². The molecule has 0 radical (unpaired) electrons. The fraction of sp³-hybridized carbons (Fsp3) is 0.417. The number of ether oxygens (including phenoxy) is 5. The third kappa shape index (κ3) is 3.40. The Morgan fingerprint density at radius 3 is 2.56 bits per heavy atom. The van der Waals surface area contributed by atoms with Gasteiger partial charge in [0, 0.05) is 29.3 Å². The summed E-state index contributed by atoms with van der Waals surface area (Å²) in [5.41, 5.74) is 4.26. The third-order valence-electron chi connectivity index (χ3n) is 6.01. The first-order valence-corrected chi connectivity index (χ1v) is 11.9. The molecule has 2 aliphatic heterocycles. The predicted molar refractivity (Wildman–Crippen MR) is 129 cm³/mol. The van der Waals surface area contributed by atoms with Crippen molar-refractivity contribution in [2.45, 2.75) is 39.5 Å². The van der Waals surface area contributed by atoms with E-state index in [0.29, 0.717) is 40.9 Å². The number of carbonyl (C=O) groups excluding carboxylic acids is 1. The van der Waals surface area contributed by atoms with Gasteiger partial charge in [-0.1, -0.05) is 13.3 Å². The van der Waals surface area contributed by atoms with Crippen LogP contribution in [0.15, 0.2) is 6.07 Å². The molecule has 10 heteroatoms. The van der Waals surface area contributed by atoms with Crippen LogP contribution in [-0.2, 0) is 17.8 Å². The van der Waals surface area contributed by atoms with Crippen LogP contribution in [0.5, 0.6) is 23.0 Å². The Labute approximate surface area is 201 Å². The first kappa shape index (κ1) is 22.5. The van der Waals surface area contributed by atoms with Gasteiger partial charge in [-0.25, -0.2) is 4.98 Å². The Morgan fingerprint density at radius 1 is 1.15 bits per heavy atom. The summed E-state index contributed by atoms with van der Waals surface area (Å²) in [6.07, 6.45) is 0.988. The summed E-state index contributed by atoms with van der Waals surface area (Å²) < 4.78 is 28.5. The van der Waals surface area contributed by atoms with E-state index < -0.39 is 6.17 Å². The number of aromatic nitrogens is 1. The zero-order chi connectivity index (χ0) is 24.0. The Morgan fingerprint density at radius 2 is 1.88 bits per heavy atom. The number of nitrogens with zero attached hydrogens (tertiary/aromatic N) is 1. The number of pyridine rings is 1. The number of benzene rings is 1. The van der Waals surface area contributed by atoms with Crippen molar-refractivity contribution in [2.24, 2.45) is 0 Å². The second kappa shape index (κ2) is 8.84. The quantitative estimate of drug-likeness (QED) is 0.511. The SMILES string of the molecule is CCCc1c(OC)c2c(c(OC)c1[C@@H]1NC(=O)c3sc4nc(C)cc(COC)c4c3N1)OCO2. The van der Waals surface area contributed by atoms with Crippen molar-refractivity contribution < 1.29 is 28.5 Å². The molecule has 4 heterocycles. The Kier molecular flexibility index (Phi) is 5.86. The molecule has 9 nitrogen and oxygen atoms in total. The van der Waals surface area contributed by atoms with Crippen molar-refractivity contribution in [1.29, 1.82) is 0 Å². The van der Waals surface area contributed by atoms with Gasteiger partial charge < -0.3 is 34.3 Å². The lowest BCUT2D eigenvalue weighted by Gasteiger charge is -2.30. The van der Waals surface area contributed by atoms with E-state index in [9.17, 15) is 4.79 Å². The standard InChI is InChI=1S/C24H27N3O6S/c1-6-7-13-15(18(31-5)20-19(17(13)30-4)32-10-33-20)22-26-16-14-12(9-29-3)8-11(2)25-24(14)34-21(16)23(28)27-22/h8,22,26H,6-7,9-10H2,1-5H3,(H,27,28)/t22-/m0/s1. The molecule has 0 saturated carbocycles. The molecule has 1 aromatic carbocycles. The first-order valence-electron chi connectivity index (χ1n) is 11.1. The van der Waals surface area contributed by atoms with Crippen molar-refractivity contribution in [1.82, 2.24) is 10.3 Å². The molecule has 2 N–H and O–H groups in total. The zero-order valence-electron chi connectivity index (χ0n) is 19.8. The van der Waals surface area contributed by atoms with Crippen LogP contribution in [0.2, 0.25) is 0 Å². The van der Waals surface area contributed by atoms with Gasteiger partial charge in [0.05, 0.1) is 26.5 Å². The number of amides is 1. The summed E-state index contributed by atoms with van der Waals surface area (Å²) >= 11 is 1.37. The fourth-order valence-electron chi connectivity index (χ4n) is 4.76. The van der Waals surface area contributed by atoms with Gasteiger partial charge in [0.15, 0.2) is 11.5 Å². The third-order valence-corrected chi connectivity index (χ3v) is 7.09. The molecule has 0 saturated heterocycles. The molecule has 0 fully saturated rings. The molecule has 0 unspecified atom stereocenters. The smallest absolute Gasteiger partial charge is 0.265 e. The van der Waals surface area contributed by atoms with E-state index in [1.165, 1.54) is 11.3 Å². The molecular formula is C24H27N3O6S. The van der Waals surface area contributed by atoms with E-state index >= 15 is 0 Å². The summed E-state index contributed by atoms with van der Waals surface area (Å²) in [6.45, 7) is 4.52. The van der Waals surface area contributed by atoms with Crippen molar-refractivity contribution in [3.05, 3.63) is 33.3 Å². The molecule has 2 aliphatic rings. The van der Waals surface area contributed by atoms with Crippen LogP contribution in [-0.4, -0.2) is 39.0 Å². The average Bonchev–Trinajstić information content (AvgIpc) is 3.43. The number of fused-ring (bicyclic) bond motifs is 4. The molecule has 3 aromatic rings. The molecule has 0 spiro atoms. The number of methoxy groups -OCH3 is 3. The fourth-order valence-corrected chi connectivity index (χ4v) is 5.89. The zero-order valence-corrected chi connectivity index (χ0v) is 20.6. The topological polar surface area (TPSA) is 100 Å². The minimum Gasteiger partial charge on any atom is -0.492 e. The van der Waals surface area contributed by atoms with Crippen LogP contribution >= 0.6 is 11.3 Å². The van der Waals surface area contributed by atoms with Gasteiger partial charge in [0.2, 0.25) is 18.3 Å². The summed E-state index contributed by atoms with van der Waals surface area (Å²) in [7, 11) is 4.85. The van der Waals surface area contributed by atoms with Gasteiger partial charge in [-0.05, 0) is 25.0 Å². The average molecular weight is 486 g/mol. The van der Waals surface area contributed by atoms with Gasteiger partial charge in [0.25, 0.3) is 5.91 Å². The van der Waals surface area contributed by atoms with E-state index in [-0.39, 0.29) is 12.7 Å². The van der Waals surface area contributed by atoms with Gasteiger partial charge in [-0.2, -0.15) is 0 Å². The number of anilines is 1. The van der Waals surface area contributed by atoms with Crippen molar-refractivity contribution in [2.75, 3.05) is 33.4 Å². The number of carbonyl (C=O) groups is 1. The number of thiophene rings is 1. The molecule has 0 bridgehead atoms. The summed E-state index contributed by atoms with van der Waals surface area (Å²) in [4.78, 5) is 19.4. The van der Waals surface area contributed by atoms with Crippen LogP contribution in [0.3, 0.4) is 0 Å². The van der Waals surface area contributed by atoms with E-state index in [1.54, 1.807) is 21.3 Å². The highest BCUT2D eigenvalue weighted by molar-refractivity contribution is 7.21. The highest BCUT2D eigenvalue weighted by atomic mass is 32.1. The van der Waals surface area contributed by atoms with Gasteiger partial charge in [0.1, 0.15) is 15.9 Å². The Hall–Kier alpha value is -3.24.